The van der Waals surface area contributed by atoms with Crippen LogP contribution in [-0.4, -0.2) is 23.5 Å². The molecule has 2 aromatic rings. The second-order valence-electron chi connectivity index (χ2n) is 7.85. The van der Waals surface area contributed by atoms with Crippen molar-refractivity contribution in [2.45, 2.75) is 26.7 Å². The number of hydrogen-bond acceptors (Lipinski definition) is 4. The van der Waals surface area contributed by atoms with Gasteiger partial charge in [-0.1, -0.05) is 23.8 Å². The Labute approximate surface area is 174 Å². The van der Waals surface area contributed by atoms with Crippen molar-refractivity contribution in [3.8, 4) is 0 Å². The van der Waals surface area contributed by atoms with Crippen LogP contribution in [0.25, 0.3) is 0 Å². The maximum absolute atomic E-state index is 12.8. The van der Waals surface area contributed by atoms with Gasteiger partial charge in [-0.2, -0.15) is 0 Å². The highest BCUT2D eigenvalue weighted by atomic mass is 16.2. The molecule has 1 fully saturated rings. The van der Waals surface area contributed by atoms with Crippen LogP contribution >= 0.6 is 0 Å². The number of carbonyl (C=O) groups excluding carboxylic acids is 4. The molecule has 4 rings (SSSR count). The summed E-state index contributed by atoms with van der Waals surface area (Å²) in [4.78, 5) is 50.9. The third-order valence-electron chi connectivity index (χ3n) is 5.74. The average molecular weight is 402 g/mol. The fraction of sp³-hybridized carbons (Fsp3) is 0.250. The molecule has 1 aliphatic carbocycles. The number of rotatable bonds is 4. The highest BCUT2D eigenvalue weighted by Gasteiger charge is 2.48. The Balaban J connectivity index is 1.50. The molecule has 2 atom stereocenters. The van der Waals surface area contributed by atoms with Gasteiger partial charge in [0.15, 0.2) is 5.78 Å². The van der Waals surface area contributed by atoms with E-state index in [1.807, 2.05) is 13.0 Å². The summed E-state index contributed by atoms with van der Waals surface area (Å²) in [5.74, 6) is -1.35. The van der Waals surface area contributed by atoms with E-state index in [-0.39, 0.29) is 35.3 Å². The summed E-state index contributed by atoms with van der Waals surface area (Å²) in [5, 5.41) is 2.76. The molecular formula is C24H22N2O4. The molecule has 0 saturated carbocycles. The predicted octanol–water partition coefficient (Wildman–Crippen LogP) is 3.99. The normalized spacial score (nSPS) is 20.6. The molecule has 0 unspecified atom stereocenters. The van der Waals surface area contributed by atoms with Crippen LogP contribution < -0.4 is 10.2 Å². The topological polar surface area (TPSA) is 83.6 Å². The van der Waals surface area contributed by atoms with Crippen LogP contribution in [0.4, 0.5) is 11.4 Å². The van der Waals surface area contributed by atoms with E-state index in [4.69, 9.17) is 0 Å². The standard InChI is InChI=1S/C24H22N2O4/c1-14-6-11-20-21(12-14)24(30)26(23(20)29)19-9-7-16(8-10-19)22(28)25-18-5-3-4-17(13-18)15(2)27/h3-10,13,20-21H,11-12H2,1-2H3,(H,25,28)/t20-,21+/m0/s1. The molecule has 6 heteroatoms. The number of nitrogens with zero attached hydrogens (tertiary/aromatic N) is 1. The molecule has 6 nitrogen and oxygen atoms in total. The fourth-order valence-electron chi connectivity index (χ4n) is 4.07. The Kier molecular flexibility index (Phi) is 5.08. The zero-order valence-electron chi connectivity index (χ0n) is 16.8. The number of imide groups is 1. The second kappa shape index (κ2) is 7.71. The van der Waals surface area contributed by atoms with Crippen LogP contribution in [0.3, 0.4) is 0 Å². The molecule has 0 aromatic heterocycles. The maximum atomic E-state index is 12.8. The molecule has 152 valence electrons. The van der Waals surface area contributed by atoms with Gasteiger partial charge in [0.2, 0.25) is 11.8 Å². The summed E-state index contributed by atoms with van der Waals surface area (Å²) >= 11 is 0. The summed E-state index contributed by atoms with van der Waals surface area (Å²) in [7, 11) is 0. The zero-order valence-corrected chi connectivity index (χ0v) is 16.8. The summed E-state index contributed by atoms with van der Waals surface area (Å²) < 4.78 is 0. The van der Waals surface area contributed by atoms with Crippen LogP contribution in [0.15, 0.2) is 60.2 Å². The maximum Gasteiger partial charge on any atom is 0.255 e. The Hall–Kier alpha value is -3.54. The third-order valence-corrected chi connectivity index (χ3v) is 5.74. The lowest BCUT2D eigenvalue weighted by molar-refractivity contribution is -0.122. The van der Waals surface area contributed by atoms with Crippen molar-refractivity contribution in [2.24, 2.45) is 11.8 Å². The van der Waals surface area contributed by atoms with Gasteiger partial charge in [-0.3, -0.25) is 24.1 Å². The van der Waals surface area contributed by atoms with Crippen LogP contribution in [0.2, 0.25) is 0 Å². The molecule has 0 spiro atoms. The van der Waals surface area contributed by atoms with Crippen molar-refractivity contribution in [3.05, 3.63) is 71.3 Å². The van der Waals surface area contributed by atoms with Gasteiger partial charge >= 0.3 is 0 Å². The smallest absolute Gasteiger partial charge is 0.255 e. The molecule has 2 aliphatic rings. The largest absolute Gasteiger partial charge is 0.322 e. The van der Waals surface area contributed by atoms with E-state index in [9.17, 15) is 19.2 Å². The monoisotopic (exact) mass is 402 g/mol. The van der Waals surface area contributed by atoms with E-state index >= 15 is 0 Å². The van der Waals surface area contributed by atoms with Crippen molar-refractivity contribution in [1.82, 2.24) is 0 Å². The number of benzene rings is 2. The van der Waals surface area contributed by atoms with E-state index in [0.717, 1.165) is 5.57 Å². The number of ketones is 1. The Morgan fingerprint density at radius 2 is 1.67 bits per heavy atom. The number of allylic oxidation sites excluding steroid dienone is 2. The molecular weight excluding hydrogens is 380 g/mol. The molecule has 3 amide bonds. The number of fused-ring (bicyclic) bond motifs is 1. The van der Waals surface area contributed by atoms with Crippen molar-refractivity contribution in [3.63, 3.8) is 0 Å². The molecule has 1 saturated heterocycles. The number of nitrogens with one attached hydrogen (secondary N) is 1. The van der Waals surface area contributed by atoms with E-state index in [2.05, 4.69) is 5.32 Å². The summed E-state index contributed by atoms with van der Waals surface area (Å²) in [5.41, 5.74) is 3.04. The minimum Gasteiger partial charge on any atom is -0.322 e. The number of anilines is 2. The van der Waals surface area contributed by atoms with Crippen LogP contribution in [0, 0.1) is 11.8 Å². The first-order valence-corrected chi connectivity index (χ1v) is 9.91. The lowest BCUT2D eigenvalue weighted by atomic mass is 9.82. The van der Waals surface area contributed by atoms with Gasteiger partial charge in [0.1, 0.15) is 0 Å². The molecule has 0 radical (unpaired) electrons. The van der Waals surface area contributed by atoms with Gasteiger partial charge < -0.3 is 5.32 Å². The van der Waals surface area contributed by atoms with Gasteiger partial charge in [0.05, 0.1) is 17.5 Å². The summed E-state index contributed by atoms with van der Waals surface area (Å²) in [6.45, 7) is 3.45. The van der Waals surface area contributed by atoms with Crippen molar-refractivity contribution >= 4 is 34.9 Å². The van der Waals surface area contributed by atoms with Gasteiger partial charge in [-0.05, 0) is 63.1 Å². The molecule has 0 bridgehead atoms. The molecule has 30 heavy (non-hydrogen) atoms. The Morgan fingerprint density at radius 3 is 2.37 bits per heavy atom. The lowest BCUT2D eigenvalue weighted by Gasteiger charge is -2.18. The quantitative estimate of drug-likeness (QED) is 0.476. The van der Waals surface area contributed by atoms with Gasteiger partial charge in [-0.25, -0.2) is 0 Å². The highest BCUT2D eigenvalue weighted by molar-refractivity contribution is 6.22. The second-order valence-corrected chi connectivity index (χ2v) is 7.85. The summed E-state index contributed by atoms with van der Waals surface area (Å²) in [6, 6.07) is 13.1. The van der Waals surface area contributed by atoms with Crippen molar-refractivity contribution in [2.75, 3.05) is 10.2 Å². The zero-order chi connectivity index (χ0) is 21.4. The number of carbonyl (C=O) groups is 4. The molecule has 2 aromatic carbocycles. The van der Waals surface area contributed by atoms with E-state index in [1.165, 1.54) is 11.8 Å². The van der Waals surface area contributed by atoms with Gasteiger partial charge in [-0.15, -0.1) is 0 Å². The average Bonchev–Trinajstić information content (AvgIpc) is 2.98. The van der Waals surface area contributed by atoms with E-state index < -0.39 is 0 Å². The molecule has 1 aliphatic heterocycles. The lowest BCUT2D eigenvalue weighted by Crippen LogP contribution is -2.30. The summed E-state index contributed by atoms with van der Waals surface area (Å²) in [6.07, 6.45) is 3.24. The van der Waals surface area contributed by atoms with E-state index in [1.54, 1.807) is 48.5 Å². The first-order chi connectivity index (χ1) is 14.3. The van der Waals surface area contributed by atoms with Gasteiger partial charge in [0, 0.05) is 16.8 Å². The van der Waals surface area contributed by atoms with Crippen LogP contribution in [0.1, 0.15) is 47.4 Å². The van der Waals surface area contributed by atoms with Crippen LogP contribution in [-0.2, 0) is 9.59 Å². The number of amides is 3. The minimum absolute atomic E-state index is 0.0821. The van der Waals surface area contributed by atoms with Gasteiger partial charge in [0.25, 0.3) is 5.91 Å². The van der Waals surface area contributed by atoms with Crippen molar-refractivity contribution in [1.29, 1.82) is 0 Å². The fourth-order valence-corrected chi connectivity index (χ4v) is 4.07. The highest BCUT2D eigenvalue weighted by Crippen LogP contribution is 2.39. The third kappa shape index (κ3) is 3.56. The predicted molar refractivity (Wildman–Crippen MR) is 113 cm³/mol. The Morgan fingerprint density at radius 1 is 0.967 bits per heavy atom. The number of hydrogen-bond donors (Lipinski definition) is 1. The first-order valence-electron chi connectivity index (χ1n) is 9.91. The Bertz CT molecular complexity index is 1080. The minimum atomic E-state index is -0.338. The SMILES string of the molecule is CC(=O)c1cccc(NC(=O)c2ccc(N3C(=O)[C@H]4CC=C(C)C[C@H]4C3=O)cc2)c1. The number of Topliss-reactive ketones (excluding diaryl/α,β-unsaturated/α-hetero) is 1. The van der Waals surface area contributed by atoms with E-state index in [0.29, 0.717) is 35.3 Å². The molecule has 1 heterocycles. The first kappa shape index (κ1) is 19.8. The van der Waals surface area contributed by atoms with Crippen molar-refractivity contribution < 1.29 is 19.2 Å². The van der Waals surface area contributed by atoms with Crippen LogP contribution in [0.5, 0.6) is 0 Å². The molecule has 1 N–H and O–H groups in total.